The first-order valence-corrected chi connectivity index (χ1v) is 6.55. The van der Waals surface area contributed by atoms with Crippen molar-refractivity contribution < 1.29 is 0 Å². The van der Waals surface area contributed by atoms with Crippen molar-refractivity contribution in [2.24, 2.45) is 35.5 Å². The highest BCUT2D eigenvalue weighted by atomic mass is 32.2. The fourth-order valence-corrected chi connectivity index (χ4v) is 5.51. The van der Waals surface area contributed by atoms with Gasteiger partial charge in [0.1, 0.15) is 0 Å². The second-order valence-electron chi connectivity index (χ2n) is 4.94. The molecule has 0 aromatic rings. The molecule has 0 N–H and O–H groups in total. The first-order chi connectivity index (χ1) is 6.45. The van der Waals surface area contributed by atoms with Crippen molar-refractivity contribution in [2.45, 2.75) is 0 Å². The second kappa shape index (κ2) is 2.25. The largest absolute Gasteiger partial charge is 0.161 e. The van der Waals surface area contributed by atoms with E-state index in [1.54, 1.807) is 0 Å². The Balaban J connectivity index is 1.83. The van der Waals surface area contributed by atoms with Gasteiger partial charge >= 0.3 is 0 Å². The molecule has 1 saturated carbocycles. The van der Waals surface area contributed by atoms with E-state index < -0.39 is 0 Å². The van der Waals surface area contributed by atoms with E-state index in [0.717, 1.165) is 35.5 Å². The maximum absolute atomic E-state index is 2.53. The van der Waals surface area contributed by atoms with Crippen LogP contribution >= 0.6 is 11.8 Å². The lowest BCUT2D eigenvalue weighted by Crippen LogP contribution is -2.49. The van der Waals surface area contributed by atoms with Crippen molar-refractivity contribution in [3.05, 3.63) is 24.3 Å². The summed E-state index contributed by atoms with van der Waals surface area (Å²) in [6, 6.07) is 0. The summed E-state index contributed by atoms with van der Waals surface area (Å²) in [5.74, 6) is 8.66. The molecule has 1 aliphatic heterocycles. The molecule has 2 fully saturated rings. The van der Waals surface area contributed by atoms with Gasteiger partial charge < -0.3 is 0 Å². The predicted octanol–water partition coefficient (Wildman–Crippen LogP) is 2.58. The molecule has 0 spiro atoms. The maximum Gasteiger partial charge on any atom is -0.00300 e. The molecule has 5 aliphatic rings. The summed E-state index contributed by atoms with van der Waals surface area (Å²) in [7, 11) is 0. The molecule has 0 amide bonds. The average molecular weight is 190 g/mol. The molecular formula is C12H14S. The number of hydrogen-bond donors (Lipinski definition) is 0. The first-order valence-electron chi connectivity index (χ1n) is 5.39. The summed E-state index contributed by atoms with van der Waals surface area (Å²) in [6.07, 6.45) is 9.99. The molecular weight excluding hydrogens is 176 g/mol. The van der Waals surface area contributed by atoms with Crippen LogP contribution in [-0.4, -0.2) is 11.5 Å². The van der Waals surface area contributed by atoms with Crippen LogP contribution in [0.15, 0.2) is 24.3 Å². The lowest BCUT2D eigenvalue weighted by atomic mass is 9.50. The first kappa shape index (κ1) is 7.17. The molecule has 1 heterocycles. The van der Waals surface area contributed by atoms with Gasteiger partial charge in [-0.25, -0.2) is 0 Å². The fraction of sp³-hybridized carbons (Fsp3) is 0.667. The summed E-state index contributed by atoms with van der Waals surface area (Å²) in [5.41, 5.74) is 0. The minimum Gasteiger partial charge on any atom is -0.161 e. The predicted molar refractivity (Wildman–Crippen MR) is 56.5 cm³/mol. The van der Waals surface area contributed by atoms with Crippen molar-refractivity contribution in [3.8, 4) is 0 Å². The van der Waals surface area contributed by atoms with Crippen molar-refractivity contribution in [3.63, 3.8) is 0 Å². The Morgan fingerprint density at radius 1 is 0.692 bits per heavy atom. The van der Waals surface area contributed by atoms with Gasteiger partial charge in [0.05, 0.1) is 0 Å². The highest BCUT2D eigenvalue weighted by Crippen LogP contribution is 2.59. The monoisotopic (exact) mass is 190 g/mol. The summed E-state index contributed by atoms with van der Waals surface area (Å²) in [4.78, 5) is 0. The Kier molecular flexibility index (Phi) is 1.24. The molecule has 0 unspecified atom stereocenters. The number of thioether (sulfide) groups is 1. The number of hydrogen-bond acceptors (Lipinski definition) is 1. The van der Waals surface area contributed by atoms with Crippen LogP contribution < -0.4 is 0 Å². The minimum atomic E-state index is 0.917. The summed E-state index contributed by atoms with van der Waals surface area (Å²) < 4.78 is 0. The zero-order valence-corrected chi connectivity index (χ0v) is 8.41. The van der Waals surface area contributed by atoms with Crippen LogP contribution in [0.5, 0.6) is 0 Å². The van der Waals surface area contributed by atoms with Crippen molar-refractivity contribution >= 4 is 11.8 Å². The summed E-state index contributed by atoms with van der Waals surface area (Å²) in [6.45, 7) is 0. The van der Waals surface area contributed by atoms with Gasteiger partial charge in [-0.3, -0.25) is 0 Å². The van der Waals surface area contributed by atoms with Gasteiger partial charge in [-0.2, -0.15) is 11.8 Å². The van der Waals surface area contributed by atoms with E-state index in [-0.39, 0.29) is 0 Å². The molecule has 0 nitrogen and oxygen atoms in total. The molecule has 5 rings (SSSR count). The van der Waals surface area contributed by atoms with Gasteiger partial charge in [-0.05, 0) is 47.0 Å². The van der Waals surface area contributed by atoms with Crippen molar-refractivity contribution in [1.29, 1.82) is 0 Å². The van der Waals surface area contributed by atoms with Crippen LogP contribution in [0.1, 0.15) is 0 Å². The van der Waals surface area contributed by atoms with Gasteiger partial charge in [0.25, 0.3) is 0 Å². The topological polar surface area (TPSA) is 0 Å². The van der Waals surface area contributed by atoms with Crippen molar-refractivity contribution in [1.82, 2.24) is 0 Å². The number of allylic oxidation sites excluding steroid dienone is 4. The van der Waals surface area contributed by atoms with Crippen LogP contribution in [0.2, 0.25) is 0 Å². The van der Waals surface area contributed by atoms with E-state index in [1.807, 2.05) is 0 Å². The average Bonchev–Trinajstić information content (AvgIpc) is 2.53. The Bertz CT molecular complexity index is 276. The fourth-order valence-electron chi connectivity index (χ4n) is 3.89. The summed E-state index contributed by atoms with van der Waals surface area (Å²) in [5, 5.41) is 0. The third-order valence-corrected chi connectivity index (χ3v) is 5.84. The SMILES string of the molecule is C1=C[C@H]2[C@@H]1[C@H]1C=C[C@H]2[C@H]2CSC[C@@H]12. The maximum atomic E-state index is 2.53. The van der Waals surface area contributed by atoms with Gasteiger partial charge in [-0.1, -0.05) is 24.3 Å². The highest BCUT2D eigenvalue weighted by Gasteiger charge is 2.53. The molecule has 0 aromatic heterocycles. The highest BCUT2D eigenvalue weighted by molar-refractivity contribution is 7.99. The Morgan fingerprint density at radius 3 is 1.62 bits per heavy atom. The van der Waals surface area contributed by atoms with Gasteiger partial charge in [0.15, 0.2) is 0 Å². The van der Waals surface area contributed by atoms with E-state index in [9.17, 15) is 0 Å². The molecule has 1 heteroatoms. The molecule has 4 aliphatic carbocycles. The summed E-state index contributed by atoms with van der Waals surface area (Å²) >= 11 is 2.19. The zero-order chi connectivity index (χ0) is 8.41. The quantitative estimate of drug-likeness (QED) is 0.529. The van der Waals surface area contributed by atoms with Gasteiger partial charge in [-0.15, -0.1) is 0 Å². The second-order valence-corrected chi connectivity index (χ2v) is 6.02. The molecule has 6 atom stereocenters. The Morgan fingerprint density at radius 2 is 1.15 bits per heavy atom. The van der Waals surface area contributed by atoms with Crippen LogP contribution in [0.4, 0.5) is 0 Å². The standard InChI is InChI=1S/C12H14S/c1-2-8-7(1)9-3-4-10(8)12-6-13-5-11(9)12/h1-4,7-12H,5-6H2/t7-,8+,9-,10-,11+,12-/m1/s1. The van der Waals surface area contributed by atoms with Crippen molar-refractivity contribution in [2.75, 3.05) is 11.5 Å². The molecule has 0 aromatic carbocycles. The lowest BCUT2D eigenvalue weighted by Gasteiger charge is -2.53. The molecule has 2 bridgehead atoms. The normalized spacial score (nSPS) is 60.3. The Hall–Kier alpha value is -0.170. The number of rotatable bonds is 0. The van der Waals surface area contributed by atoms with E-state index in [2.05, 4.69) is 36.1 Å². The smallest absolute Gasteiger partial charge is 0.00300 e. The molecule has 0 radical (unpaired) electrons. The van der Waals surface area contributed by atoms with Gasteiger partial charge in [0.2, 0.25) is 0 Å². The molecule has 1 saturated heterocycles. The van der Waals surface area contributed by atoms with E-state index in [4.69, 9.17) is 0 Å². The Labute approximate surface area is 83.5 Å². The molecule has 13 heavy (non-hydrogen) atoms. The van der Waals surface area contributed by atoms with Crippen LogP contribution in [0.3, 0.4) is 0 Å². The lowest BCUT2D eigenvalue weighted by molar-refractivity contribution is 0.0672. The van der Waals surface area contributed by atoms with E-state index >= 15 is 0 Å². The van der Waals surface area contributed by atoms with Crippen LogP contribution in [-0.2, 0) is 0 Å². The van der Waals surface area contributed by atoms with Crippen LogP contribution in [0.25, 0.3) is 0 Å². The third-order valence-electron chi connectivity index (χ3n) is 4.60. The minimum absolute atomic E-state index is 0.917. The van der Waals surface area contributed by atoms with E-state index in [0.29, 0.717) is 0 Å². The van der Waals surface area contributed by atoms with Gasteiger partial charge in [0, 0.05) is 0 Å². The zero-order valence-electron chi connectivity index (χ0n) is 7.60. The van der Waals surface area contributed by atoms with E-state index in [1.165, 1.54) is 11.5 Å². The van der Waals surface area contributed by atoms with Crippen LogP contribution in [0, 0.1) is 35.5 Å². The molecule has 68 valence electrons. The third kappa shape index (κ3) is 0.721.